The first kappa shape index (κ1) is 31.1. The first-order chi connectivity index (χ1) is 27.2. The second-order valence-electron chi connectivity index (χ2n) is 14.0. The van der Waals surface area contributed by atoms with Crippen LogP contribution in [0.5, 0.6) is 0 Å². The number of benzene rings is 9. The van der Waals surface area contributed by atoms with Gasteiger partial charge in [0.2, 0.25) is 0 Å². The Hall–Kier alpha value is -7.43. The van der Waals surface area contributed by atoms with E-state index in [1.54, 1.807) is 0 Å². The Balaban J connectivity index is 1.14. The molecule has 2 heterocycles. The first-order valence-electron chi connectivity index (χ1n) is 18.5. The normalized spacial score (nSPS) is 11.6. The molecule has 11 rings (SSSR count). The van der Waals surface area contributed by atoms with Crippen molar-refractivity contribution in [2.75, 3.05) is 0 Å². The van der Waals surface area contributed by atoms with E-state index in [1.165, 1.54) is 26.9 Å². The minimum Gasteiger partial charge on any atom is -0.456 e. The van der Waals surface area contributed by atoms with E-state index in [0.29, 0.717) is 17.5 Å². The molecule has 4 heteroatoms. The Morgan fingerprint density at radius 3 is 1.71 bits per heavy atom. The van der Waals surface area contributed by atoms with E-state index in [0.717, 1.165) is 66.3 Å². The molecule has 0 N–H and O–H groups in total. The van der Waals surface area contributed by atoms with E-state index < -0.39 is 0 Å². The maximum absolute atomic E-state index is 6.45. The van der Waals surface area contributed by atoms with Crippen molar-refractivity contribution in [2.24, 2.45) is 0 Å². The van der Waals surface area contributed by atoms with Gasteiger partial charge in [-0.15, -0.1) is 0 Å². The van der Waals surface area contributed by atoms with Crippen LogP contribution in [-0.2, 0) is 0 Å². The predicted molar refractivity (Wildman–Crippen MR) is 227 cm³/mol. The van der Waals surface area contributed by atoms with E-state index in [9.17, 15) is 0 Å². The zero-order valence-corrected chi connectivity index (χ0v) is 29.6. The molecule has 0 fully saturated rings. The molecule has 0 radical (unpaired) electrons. The zero-order chi connectivity index (χ0) is 36.3. The van der Waals surface area contributed by atoms with Crippen LogP contribution in [0.25, 0.3) is 111 Å². The third kappa shape index (κ3) is 5.26. The summed E-state index contributed by atoms with van der Waals surface area (Å²) in [5.41, 5.74) is 8.79. The van der Waals surface area contributed by atoms with Gasteiger partial charge in [-0.3, -0.25) is 0 Å². The molecule has 11 aromatic rings. The molecule has 9 aromatic carbocycles. The van der Waals surface area contributed by atoms with Crippen molar-refractivity contribution in [1.82, 2.24) is 15.0 Å². The van der Waals surface area contributed by atoms with Gasteiger partial charge in [0.1, 0.15) is 11.2 Å². The molecule has 0 bridgehead atoms. The number of aromatic nitrogens is 3. The highest BCUT2D eigenvalue weighted by molar-refractivity contribution is 6.17. The van der Waals surface area contributed by atoms with Crippen molar-refractivity contribution >= 4 is 54.3 Å². The van der Waals surface area contributed by atoms with Crippen molar-refractivity contribution in [3.05, 3.63) is 188 Å². The lowest BCUT2D eigenvalue weighted by Crippen LogP contribution is -2.01. The summed E-state index contributed by atoms with van der Waals surface area (Å²) in [5.74, 6) is 1.81. The van der Waals surface area contributed by atoms with Crippen molar-refractivity contribution < 1.29 is 4.42 Å². The molecule has 4 nitrogen and oxygen atoms in total. The summed E-state index contributed by atoms with van der Waals surface area (Å²) < 4.78 is 6.45. The van der Waals surface area contributed by atoms with E-state index in [1.807, 2.05) is 30.3 Å². The Morgan fingerprint density at radius 1 is 0.291 bits per heavy atom. The molecule has 0 saturated carbocycles. The topological polar surface area (TPSA) is 51.8 Å². The number of hydrogen-bond donors (Lipinski definition) is 0. The number of nitrogens with zero attached hydrogens (tertiary/aromatic N) is 3. The fourth-order valence-corrected chi connectivity index (χ4v) is 8.08. The second-order valence-corrected chi connectivity index (χ2v) is 14.0. The molecule has 0 spiro atoms. The quantitative estimate of drug-likeness (QED) is 0.168. The summed E-state index contributed by atoms with van der Waals surface area (Å²) in [5, 5.41) is 9.29. The Bertz CT molecular complexity index is 3260. The van der Waals surface area contributed by atoms with Crippen molar-refractivity contribution in [3.8, 4) is 56.4 Å². The highest BCUT2D eigenvalue weighted by Crippen LogP contribution is 2.40. The van der Waals surface area contributed by atoms with Gasteiger partial charge < -0.3 is 4.42 Å². The number of fused-ring (bicyclic) bond motifs is 8. The van der Waals surface area contributed by atoms with Crippen LogP contribution in [-0.4, -0.2) is 15.0 Å². The molecular weight excluding hydrogens is 671 g/mol. The second kappa shape index (κ2) is 12.6. The molecule has 0 amide bonds. The molecule has 256 valence electrons. The van der Waals surface area contributed by atoms with Gasteiger partial charge in [0.25, 0.3) is 0 Å². The van der Waals surface area contributed by atoms with Crippen molar-refractivity contribution in [3.63, 3.8) is 0 Å². The maximum atomic E-state index is 6.45. The molecule has 0 unspecified atom stereocenters. The van der Waals surface area contributed by atoms with Crippen LogP contribution in [0, 0.1) is 0 Å². The van der Waals surface area contributed by atoms with Crippen LogP contribution in [0.2, 0.25) is 0 Å². The Kier molecular flexibility index (Phi) is 7.14. The monoisotopic (exact) mass is 701 g/mol. The van der Waals surface area contributed by atoms with Crippen LogP contribution in [0.3, 0.4) is 0 Å². The third-order valence-electron chi connectivity index (χ3n) is 10.7. The highest BCUT2D eigenvalue weighted by atomic mass is 16.3. The molecular formula is C51H31N3O. The molecule has 0 atom stereocenters. The van der Waals surface area contributed by atoms with Crippen LogP contribution < -0.4 is 0 Å². The average molecular weight is 702 g/mol. The number of furan rings is 1. The lowest BCUT2D eigenvalue weighted by Gasteiger charge is -2.13. The lowest BCUT2D eigenvalue weighted by molar-refractivity contribution is 0.669. The SMILES string of the molecule is c1ccc(-c2ccc3oc4cccc(-c5nc(-c6ccc7c(ccc8c9ccccc9ccc78)c6)nc(-c6ccccc6-c6ccccc6)n5)c4c3c2)cc1. The molecule has 2 aromatic heterocycles. The van der Waals surface area contributed by atoms with Gasteiger partial charge in [-0.25, -0.2) is 15.0 Å². The van der Waals surface area contributed by atoms with Crippen LogP contribution in [0.1, 0.15) is 0 Å². The van der Waals surface area contributed by atoms with Crippen molar-refractivity contribution in [2.45, 2.75) is 0 Å². The van der Waals surface area contributed by atoms with Gasteiger partial charge in [0.05, 0.1) is 0 Å². The highest BCUT2D eigenvalue weighted by Gasteiger charge is 2.20. The van der Waals surface area contributed by atoms with Gasteiger partial charge >= 0.3 is 0 Å². The van der Waals surface area contributed by atoms with E-state index in [4.69, 9.17) is 19.4 Å². The van der Waals surface area contributed by atoms with Crippen LogP contribution >= 0.6 is 0 Å². The summed E-state index contributed by atoms with van der Waals surface area (Å²) in [4.78, 5) is 15.8. The van der Waals surface area contributed by atoms with Crippen LogP contribution in [0.15, 0.2) is 192 Å². The van der Waals surface area contributed by atoms with Gasteiger partial charge in [0, 0.05) is 27.5 Å². The summed E-state index contributed by atoms with van der Waals surface area (Å²) in [7, 11) is 0. The van der Waals surface area contributed by atoms with Crippen LogP contribution in [0.4, 0.5) is 0 Å². The lowest BCUT2D eigenvalue weighted by atomic mass is 9.96. The zero-order valence-electron chi connectivity index (χ0n) is 29.6. The first-order valence-corrected chi connectivity index (χ1v) is 18.5. The largest absolute Gasteiger partial charge is 0.456 e. The van der Waals surface area contributed by atoms with E-state index >= 15 is 0 Å². The number of rotatable bonds is 5. The maximum Gasteiger partial charge on any atom is 0.164 e. The molecule has 0 aliphatic rings. The fraction of sp³-hybridized carbons (Fsp3) is 0. The smallest absolute Gasteiger partial charge is 0.164 e. The van der Waals surface area contributed by atoms with Gasteiger partial charge in [-0.2, -0.15) is 0 Å². The minimum atomic E-state index is 0.589. The van der Waals surface area contributed by atoms with E-state index in [-0.39, 0.29) is 0 Å². The molecule has 0 aliphatic heterocycles. The summed E-state index contributed by atoms with van der Waals surface area (Å²) in [6.45, 7) is 0. The van der Waals surface area contributed by atoms with E-state index in [2.05, 4.69) is 158 Å². The summed E-state index contributed by atoms with van der Waals surface area (Å²) in [6, 6.07) is 65.7. The Morgan fingerprint density at radius 2 is 0.891 bits per heavy atom. The molecule has 55 heavy (non-hydrogen) atoms. The summed E-state index contributed by atoms with van der Waals surface area (Å²) >= 11 is 0. The van der Waals surface area contributed by atoms with Gasteiger partial charge in [-0.1, -0.05) is 164 Å². The molecule has 0 saturated heterocycles. The molecule has 0 aliphatic carbocycles. The average Bonchev–Trinajstić information content (AvgIpc) is 3.65. The minimum absolute atomic E-state index is 0.589. The predicted octanol–water partition coefficient (Wildman–Crippen LogP) is 13.6. The standard InChI is InChI=1S/C51H31N3O/c1-3-12-32(13-4-1)35-25-29-46-45(31-35)48-44(20-11-21-47(48)55-46)51-53-49(52-50(54-51)43-19-10-9-18-39(43)33-14-5-2-6-15-33)37-24-26-40-36(30-37)23-28-41-38-17-8-7-16-34(38)22-27-42(40)41/h1-31H. The van der Waals surface area contributed by atoms with Gasteiger partial charge in [-0.05, 0) is 78.8 Å². The third-order valence-corrected chi connectivity index (χ3v) is 10.7. The summed E-state index contributed by atoms with van der Waals surface area (Å²) in [6.07, 6.45) is 0. The Labute approximate surface area is 317 Å². The van der Waals surface area contributed by atoms with Crippen molar-refractivity contribution in [1.29, 1.82) is 0 Å². The fourth-order valence-electron chi connectivity index (χ4n) is 8.08. The van der Waals surface area contributed by atoms with Gasteiger partial charge in [0.15, 0.2) is 17.5 Å². The number of hydrogen-bond acceptors (Lipinski definition) is 4.